The third-order valence-corrected chi connectivity index (χ3v) is 3.45. The third kappa shape index (κ3) is 4.01. The van der Waals surface area contributed by atoms with Crippen LogP contribution in [0.3, 0.4) is 0 Å². The van der Waals surface area contributed by atoms with Crippen LogP contribution in [0, 0.1) is 0 Å². The summed E-state index contributed by atoms with van der Waals surface area (Å²) in [5.41, 5.74) is -5.13. The summed E-state index contributed by atoms with van der Waals surface area (Å²) in [4.78, 5) is 15.4. The van der Waals surface area contributed by atoms with Gasteiger partial charge in [0.2, 0.25) is 0 Å². The zero-order valence-corrected chi connectivity index (χ0v) is 13.4. The molecule has 2 aromatic rings. The molecule has 0 aliphatic carbocycles. The number of nitrogens with zero attached hydrogens (tertiary/aromatic N) is 1. The number of pyridine rings is 1. The predicted octanol–water partition coefficient (Wildman–Crippen LogP) is 4.40. The molecule has 0 radical (unpaired) electrons. The number of carbonyl (C=O) groups excluding carboxylic acids is 1. The Morgan fingerprint density at radius 1 is 0.923 bits per heavy atom. The summed E-state index contributed by atoms with van der Waals surface area (Å²) in [6.07, 6.45) is -11.0. The minimum absolute atomic E-state index is 0.00786. The summed E-state index contributed by atoms with van der Waals surface area (Å²) in [7, 11) is 0. The van der Waals surface area contributed by atoms with Crippen molar-refractivity contribution < 1.29 is 31.1 Å². The van der Waals surface area contributed by atoms with E-state index in [2.05, 4.69) is 4.98 Å². The van der Waals surface area contributed by atoms with E-state index in [4.69, 9.17) is 11.6 Å². The second kappa shape index (κ2) is 7.02. The highest BCUT2D eigenvalue weighted by atomic mass is 35.5. The minimum Gasteiger partial charge on any atom is -0.332 e. The number of halogens is 7. The van der Waals surface area contributed by atoms with Crippen LogP contribution in [0.2, 0.25) is 5.02 Å². The largest absolute Gasteiger partial charge is 0.439 e. The fourth-order valence-corrected chi connectivity index (χ4v) is 2.06. The minimum atomic E-state index is -5.93. The van der Waals surface area contributed by atoms with E-state index >= 15 is 0 Å². The van der Waals surface area contributed by atoms with Crippen LogP contribution in [0.1, 0.15) is 10.4 Å². The Bertz CT molecular complexity index is 748. The number of carbonyl (C=O) groups is 1. The highest BCUT2D eigenvalue weighted by Crippen LogP contribution is 2.43. The number of aromatic nitrogens is 1. The first-order valence-corrected chi connectivity index (χ1v) is 7.25. The molecule has 0 saturated heterocycles. The summed E-state index contributed by atoms with van der Waals surface area (Å²) in [5.74, 6) is -2.35. The zero-order valence-electron chi connectivity index (χ0n) is 12.6. The molecular weight excluding hydrogens is 388 g/mol. The van der Waals surface area contributed by atoms with Gasteiger partial charge in [-0.1, -0.05) is 29.8 Å². The van der Waals surface area contributed by atoms with Gasteiger partial charge in [-0.3, -0.25) is 4.79 Å². The number of benzene rings is 1. The molecule has 1 amide bonds. The maximum Gasteiger partial charge on any atom is 0.439 e. The molecule has 4 nitrogen and oxygen atoms in total. The van der Waals surface area contributed by atoms with Crippen LogP contribution < -0.4 is 10.6 Å². The number of alkyl halides is 6. The molecule has 2 rings (SSSR count). The predicted molar refractivity (Wildman–Crippen MR) is 81.6 cm³/mol. The molecule has 1 aromatic carbocycles. The standard InChI is InChI=1S/C15H10ClF6N3O/c16-10-6-7-11(23-8-10)24-13(14(17,18)19,15(20,21)22)25-12(26)9-4-2-1-3-5-9/h1-8H,(H,23,24)(H,25,26). The molecule has 2 N–H and O–H groups in total. The first kappa shape index (κ1) is 19.8. The monoisotopic (exact) mass is 397 g/mol. The Morgan fingerprint density at radius 3 is 1.96 bits per heavy atom. The molecule has 0 aliphatic heterocycles. The Hall–Kier alpha value is -2.49. The Kier molecular flexibility index (Phi) is 5.36. The Morgan fingerprint density at radius 2 is 1.50 bits per heavy atom. The van der Waals surface area contributed by atoms with E-state index in [1.165, 1.54) is 23.5 Å². The van der Waals surface area contributed by atoms with E-state index in [-0.39, 0.29) is 10.6 Å². The van der Waals surface area contributed by atoms with Crippen molar-refractivity contribution in [3.8, 4) is 0 Å². The number of hydrogen-bond donors (Lipinski definition) is 2. The molecule has 0 aliphatic rings. The van der Waals surface area contributed by atoms with E-state index in [1.807, 2.05) is 0 Å². The Labute approximate surface area is 148 Å². The van der Waals surface area contributed by atoms with E-state index in [1.54, 1.807) is 0 Å². The zero-order chi connectivity index (χ0) is 19.6. The SMILES string of the molecule is O=C(NC(Nc1ccc(Cl)cn1)(C(F)(F)F)C(F)(F)F)c1ccccc1. The van der Waals surface area contributed by atoms with Crippen LogP contribution in [0.5, 0.6) is 0 Å². The molecule has 11 heteroatoms. The fourth-order valence-electron chi connectivity index (χ4n) is 1.95. The van der Waals surface area contributed by atoms with Crippen molar-refractivity contribution in [2.75, 3.05) is 5.32 Å². The maximum atomic E-state index is 13.5. The van der Waals surface area contributed by atoms with Crippen molar-refractivity contribution in [1.29, 1.82) is 0 Å². The van der Waals surface area contributed by atoms with Gasteiger partial charge in [0.1, 0.15) is 5.82 Å². The van der Waals surface area contributed by atoms with Crippen LogP contribution in [-0.2, 0) is 0 Å². The normalized spacial score (nSPS) is 12.6. The number of rotatable bonds is 4. The van der Waals surface area contributed by atoms with Crippen molar-refractivity contribution in [2.45, 2.75) is 18.0 Å². The van der Waals surface area contributed by atoms with E-state index in [0.29, 0.717) is 0 Å². The molecule has 0 bridgehead atoms. The average molecular weight is 398 g/mol. The highest BCUT2D eigenvalue weighted by molar-refractivity contribution is 6.30. The second-order valence-electron chi connectivity index (χ2n) is 5.05. The van der Waals surface area contributed by atoms with Gasteiger partial charge in [-0.05, 0) is 24.3 Å². The summed E-state index contributed by atoms with van der Waals surface area (Å²) in [6, 6.07) is 8.07. The number of hydrogen-bond acceptors (Lipinski definition) is 3. The van der Waals surface area contributed by atoms with Gasteiger partial charge in [-0.15, -0.1) is 0 Å². The molecule has 0 spiro atoms. The lowest BCUT2D eigenvalue weighted by atomic mass is 10.1. The molecule has 0 unspecified atom stereocenters. The molecular formula is C15H10ClF6N3O. The van der Waals surface area contributed by atoms with Crippen molar-refractivity contribution >= 4 is 23.3 Å². The van der Waals surface area contributed by atoms with Gasteiger partial charge < -0.3 is 10.6 Å². The molecule has 1 heterocycles. The quantitative estimate of drug-likeness (QED) is 0.594. The fraction of sp³-hybridized carbons (Fsp3) is 0.200. The summed E-state index contributed by atoms with van der Waals surface area (Å²) < 4.78 is 80.8. The first-order valence-electron chi connectivity index (χ1n) is 6.87. The highest BCUT2D eigenvalue weighted by Gasteiger charge is 2.72. The van der Waals surface area contributed by atoms with Crippen LogP contribution in [-0.4, -0.2) is 28.9 Å². The summed E-state index contributed by atoms with van der Waals surface area (Å²) >= 11 is 5.52. The van der Waals surface area contributed by atoms with E-state index < -0.39 is 29.7 Å². The summed E-state index contributed by atoms with van der Waals surface area (Å²) in [5, 5.41) is 2.27. The molecule has 0 atom stereocenters. The van der Waals surface area contributed by atoms with Gasteiger partial charge in [-0.25, -0.2) is 4.98 Å². The molecule has 26 heavy (non-hydrogen) atoms. The third-order valence-electron chi connectivity index (χ3n) is 3.23. The van der Waals surface area contributed by atoms with Crippen molar-refractivity contribution in [3.05, 3.63) is 59.2 Å². The molecule has 0 fully saturated rings. The number of anilines is 1. The topological polar surface area (TPSA) is 54.0 Å². The first-order chi connectivity index (χ1) is 12.0. The number of nitrogens with one attached hydrogen (secondary N) is 2. The van der Waals surface area contributed by atoms with Gasteiger partial charge >= 0.3 is 18.0 Å². The lowest BCUT2D eigenvalue weighted by molar-refractivity contribution is -0.294. The van der Waals surface area contributed by atoms with Gasteiger partial charge in [0.25, 0.3) is 5.91 Å². The lowest BCUT2D eigenvalue weighted by Gasteiger charge is -2.38. The average Bonchev–Trinajstić information content (AvgIpc) is 2.54. The van der Waals surface area contributed by atoms with Crippen LogP contribution in [0.15, 0.2) is 48.7 Å². The maximum absolute atomic E-state index is 13.5. The second-order valence-corrected chi connectivity index (χ2v) is 5.49. The number of amides is 1. The molecule has 0 saturated carbocycles. The van der Waals surface area contributed by atoms with Crippen LogP contribution in [0.25, 0.3) is 0 Å². The van der Waals surface area contributed by atoms with Gasteiger partial charge in [-0.2, -0.15) is 26.3 Å². The van der Waals surface area contributed by atoms with E-state index in [0.717, 1.165) is 35.8 Å². The van der Waals surface area contributed by atoms with E-state index in [9.17, 15) is 31.1 Å². The van der Waals surface area contributed by atoms with Crippen molar-refractivity contribution in [1.82, 2.24) is 10.3 Å². The molecule has 140 valence electrons. The summed E-state index contributed by atoms with van der Waals surface area (Å²) in [6.45, 7) is 0. The van der Waals surface area contributed by atoms with Crippen LogP contribution >= 0.6 is 11.6 Å². The van der Waals surface area contributed by atoms with Crippen molar-refractivity contribution in [2.24, 2.45) is 0 Å². The lowest BCUT2D eigenvalue weighted by Crippen LogP contribution is -2.72. The van der Waals surface area contributed by atoms with Gasteiger partial charge in [0, 0.05) is 11.8 Å². The van der Waals surface area contributed by atoms with Crippen molar-refractivity contribution in [3.63, 3.8) is 0 Å². The van der Waals surface area contributed by atoms with Gasteiger partial charge in [0.15, 0.2) is 0 Å². The smallest absolute Gasteiger partial charge is 0.332 e. The Balaban J connectivity index is 2.49. The molecule has 1 aromatic heterocycles. The van der Waals surface area contributed by atoms with Gasteiger partial charge in [0.05, 0.1) is 5.02 Å². The van der Waals surface area contributed by atoms with Crippen LogP contribution in [0.4, 0.5) is 32.2 Å².